The molecule has 0 bridgehead atoms. The van der Waals surface area contributed by atoms with E-state index >= 15 is 0 Å². The lowest BCUT2D eigenvalue weighted by atomic mass is 9.67. The molecule has 1 aliphatic carbocycles. The number of aryl methyl sites for hydroxylation is 1. The third-order valence-electron chi connectivity index (χ3n) is 4.89. The molecule has 0 spiro atoms. The van der Waals surface area contributed by atoms with Crippen molar-refractivity contribution in [1.82, 2.24) is 15.2 Å². The summed E-state index contributed by atoms with van der Waals surface area (Å²) in [6, 6.07) is -0.00569. The standard InChI is InChI=1S/C16H30N4O/c1-5-20-12-13(11-18-20)14(19-17)16(21-6-2)9-7-15(3,4)8-10-16/h11-12,14,19H,5-10,17H2,1-4H3. The number of aromatic nitrogens is 2. The molecule has 1 heterocycles. The van der Waals surface area contributed by atoms with Crippen molar-refractivity contribution >= 4 is 0 Å². The first kappa shape index (κ1) is 16.5. The van der Waals surface area contributed by atoms with Crippen LogP contribution in [0.2, 0.25) is 0 Å². The van der Waals surface area contributed by atoms with Gasteiger partial charge < -0.3 is 4.74 Å². The molecule has 1 aliphatic rings. The Morgan fingerprint density at radius 1 is 1.33 bits per heavy atom. The molecule has 0 aromatic carbocycles. The normalized spacial score (nSPS) is 22.1. The Morgan fingerprint density at radius 3 is 2.48 bits per heavy atom. The molecule has 0 saturated heterocycles. The Labute approximate surface area is 128 Å². The maximum Gasteiger partial charge on any atom is 0.0890 e. The van der Waals surface area contributed by atoms with E-state index in [9.17, 15) is 0 Å². The molecule has 1 atom stereocenters. The third kappa shape index (κ3) is 3.47. The number of ether oxygens (including phenoxy) is 1. The molecule has 21 heavy (non-hydrogen) atoms. The minimum Gasteiger partial charge on any atom is -0.373 e. The summed E-state index contributed by atoms with van der Waals surface area (Å²) < 4.78 is 8.17. The maximum atomic E-state index is 6.23. The van der Waals surface area contributed by atoms with E-state index < -0.39 is 0 Å². The van der Waals surface area contributed by atoms with E-state index in [2.05, 4.69) is 44.4 Å². The smallest absolute Gasteiger partial charge is 0.0890 e. The number of hydrogen-bond donors (Lipinski definition) is 2. The zero-order valence-corrected chi connectivity index (χ0v) is 13.9. The van der Waals surface area contributed by atoms with Gasteiger partial charge in [-0.25, -0.2) is 5.43 Å². The zero-order valence-electron chi connectivity index (χ0n) is 13.9. The van der Waals surface area contributed by atoms with Gasteiger partial charge in [0, 0.05) is 24.9 Å². The highest BCUT2D eigenvalue weighted by Crippen LogP contribution is 2.47. The highest BCUT2D eigenvalue weighted by molar-refractivity contribution is 5.17. The van der Waals surface area contributed by atoms with Crippen molar-refractivity contribution in [3.8, 4) is 0 Å². The molecule has 1 fully saturated rings. The van der Waals surface area contributed by atoms with Gasteiger partial charge in [0.2, 0.25) is 0 Å². The number of nitrogens with one attached hydrogen (secondary N) is 1. The second-order valence-corrected chi connectivity index (χ2v) is 6.89. The Kier molecular flexibility index (Phi) is 5.07. The van der Waals surface area contributed by atoms with Gasteiger partial charge in [-0.1, -0.05) is 13.8 Å². The van der Waals surface area contributed by atoms with E-state index in [0.717, 1.165) is 37.8 Å². The lowest BCUT2D eigenvalue weighted by Crippen LogP contribution is -2.51. The average Bonchev–Trinajstić information content (AvgIpc) is 2.92. The highest BCUT2D eigenvalue weighted by atomic mass is 16.5. The quantitative estimate of drug-likeness (QED) is 0.625. The lowest BCUT2D eigenvalue weighted by Gasteiger charge is -2.47. The number of rotatable bonds is 6. The predicted molar refractivity (Wildman–Crippen MR) is 84.6 cm³/mol. The maximum absolute atomic E-state index is 6.23. The average molecular weight is 294 g/mol. The van der Waals surface area contributed by atoms with Crippen molar-refractivity contribution < 1.29 is 4.74 Å². The van der Waals surface area contributed by atoms with Gasteiger partial charge >= 0.3 is 0 Å². The molecule has 5 nitrogen and oxygen atoms in total. The number of nitrogens with zero attached hydrogens (tertiary/aromatic N) is 2. The molecule has 1 unspecified atom stereocenters. The van der Waals surface area contributed by atoms with Crippen LogP contribution in [0.1, 0.15) is 65.0 Å². The highest BCUT2D eigenvalue weighted by Gasteiger charge is 2.45. The molecule has 1 aromatic heterocycles. The van der Waals surface area contributed by atoms with Gasteiger partial charge in [-0.3, -0.25) is 10.5 Å². The number of hydrogen-bond acceptors (Lipinski definition) is 4. The van der Waals surface area contributed by atoms with Crippen LogP contribution < -0.4 is 11.3 Å². The van der Waals surface area contributed by atoms with Crippen LogP contribution in [0.3, 0.4) is 0 Å². The lowest BCUT2D eigenvalue weighted by molar-refractivity contribution is -0.108. The Morgan fingerprint density at radius 2 is 2.00 bits per heavy atom. The van der Waals surface area contributed by atoms with Crippen molar-refractivity contribution in [2.75, 3.05) is 6.61 Å². The van der Waals surface area contributed by atoms with Crippen LogP contribution in [0.25, 0.3) is 0 Å². The third-order valence-corrected chi connectivity index (χ3v) is 4.89. The van der Waals surface area contributed by atoms with Crippen molar-refractivity contribution in [2.45, 2.75) is 71.6 Å². The molecule has 0 aliphatic heterocycles. The Bertz CT molecular complexity index is 445. The minimum atomic E-state index is -0.222. The van der Waals surface area contributed by atoms with Crippen LogP contribution in [0, 0.1) is 5.41 Å². The monoisotopic (exact) mass is 294 g/mol. The molecule has 2 rings (SSSR count). The van der Waals surface area contributed by atoms with Gasteiger partial charge in [0.1, 0.15) is 0 Å². The van der Waals surface area contributed by atoms with Crippen LogP contribution >= 0.6 is 0 Å². The summed E-state index contributed by atoms with van der Waals surface area (Å²) >= 11 is 0. The van der Waals surface area contributed by atoms with E-state index in [-0.39, 0.29) is 11.6 Å². The summed E-state index contributed by atoms with van der Waals surface area (Å²) in [6.45, 7) is 10.4. The van der Waals surface area contributed by atoms with E-state index in [1.807, 2.05) is 10.9 Å². The number of hydrazine groups is 1. The van der Waals surface area contributed by atoms with Crippen LogP contribution in [-0.2, 0) is 11.3 Å². The van der Waals surface area contributed by atoms with Gasteiger partial charge in [-0.05, 0) is 44.9 Å². The molecule has 0 amide bonds. The summed E-state index contributed by atoms with van der Waals surface area (Å²) in [5.74, 6) is 5.90. The number of nitrogens with two attached hydrogens (primary N) is 1. The molecular weight excluding hydrogens is 264 g/mol. The second kappa shape index (κ2) is 6.46. The predicted octanol–water partition coefficient (Wildman–Crippen LogP) is 2.78. The van der Waals surface area contributed by atoms with Crippen LogP contribution in [0.4, 0.5) is 0 Å². The van der Waals surface area contributed by atoms with Gasteiger partial charge in [-0.15, -0.1) is 0 Å². The summed E-state index contributed by atoms with van der Waals surface area (Å²) in [5, 5.41) is 4.38. The van der Waals surface area contributed by atoms with E-state index in [0.29, 0.717) is 12.0 Å². The largest absolute Gasteiger partial charge is 0.373 e. The second-order valence-electron chi connectivity index (χ2n) is 6.89. The molecule has 0 radical (unpaired) electrons. The van der Waals surface area contributed by atoms with Crippen molar-refractivity contribution in [3.05, 3.63) is 18.0 Å². The molecule has 3 N–H and O–H groups in total. The molecule has 5 heteroatoms. The van der Waals surface area contributed by atoms with Gasteiger partial charge in [0.05, 0.1) is 17.8 Å². The van der Waals surface area contributed by atoms with Crippen LogP contribution in [0.15, 0.2) is 12.4 Å². The molecule has 1 aromatic rings. The summed E-state index contributed by atoms with van der Waals surface area (Å²) in [7, 11) is 0. The Hall–Kier alpha value is -0.910. The van der Waals surface area contributed by atoms with E-state index in [4.69, 9.17) is 10.6 Å². The van der Waals surface area contributed by atoms with Crippen molar-refractivity contribution in [3.63, 3.8) is 0 Å². The first-order valence-electron chi connectivity index (χ1n) is 8.09. The van der Waals surface area contributed by atoms with Gasteiger partial charge in [0.25, 0.3) is 0 Å². The Balaban J connectivity index is 2.26. The van der Waals surface area contributed by atoms with Crippen LogP contribution in [-0.4, -0.2) is 22.0 Å². The topological polar surface area (TPSA) is 65.1 Å². The first-order valence-corrected chi connectivity index (χ1v) is 8.09. The zero-order chi connectivity index (χ0) is 15.5. The van der Waals surface area contributed by atoms with Crippen molar-refractivity contribution in [1.29, 1.82) is 0 Å². The van der Waals surface area contributed by atoms with Gasteiger partial charge in [-0.2, -0.15) is 5.10 Å². The van der Waals surface area contributed by atoms with Crippen molar-refractivity contribution in [2.24, 2.45) is 11.3 Å². The van der Waals surface area contributed by atoms with E-state index in [1.165, 1.54) is 0 Å². The fraction of sp³-hybridized carbons (Fsp3) is 0.812. The molecule has 1 saturated carbocycles. The van der Waals surface area contributed by atoms with Gasteiger partial charge in [0.15, 0.2) is 0 Å². The van der Waals surface area contributed by atoms with E-state index in [1.54, 1.807) is 0 Å². The summed E-state index contributed by atoms with van der Waals surface area (Å²) in [6.07, 6.45) is 8.36. The summed E-state index contributed by atoms with van der Waals surface area (Å²) in [5.41, 5.74) is 4.29. The molecule has 120 valence electrons. The first-order chi connectivity index (χ1) is 9.96. The minimum absolute atomic E-state index is 0.00569. The fourth-order valence-electron chi connectivity index (χ4n) is 3.41. The van der Waals surface area contributed by atoms with Crippen LogP contribution in [0.5, 0.6) is 0 Å². The summed E-state index contributed by atoms with van der Waals surface area (Å²) in [4.78, 5) is 0. The molecular formula is C16H30N4O. The fourth-order valence-corrected chi connectivity index (χ4v) is 3.41. The SMILES string of the molecule is CCOC1(C(NN)c2cnn(CC)c2)CCC(C)(C)CC1.